The number of nitrogens with one attached hydrogen (secondary N) is 1. The topological polar surface area (TPSA) is 73.3 Å². The fraction of sp³-hybridized carbons (Fsp3) is 0.450. The Morgan fingerprint density at radius 1 is 1.26 bits per heavy atom. The molecule has 0 aliphatic heterocycles. The van der Waals surface area contributed by atoms with Crippen molar-refractivity contribution in [2.75, 3.05) is 19.0 Å². The van der Waals surface area contributed by atoms with Gasteiger partial charge in [0.05, 0.1) is 13.7 Å². The fourth-order valence-corrected chi connectivity index (χ4v) is 3.03. The molecular formula is C20H27N3O3S. The molecule has 1 N–H and O–H groups in total. The van der Waals surface area contributed by atoms with Gasteiger partial charge in [0.2, 0.25) is 11.0 Å². The van der Waals surface area contributed by atoms with E-state index in [0.29, 0.717) is 29.2 Å². The summed E-state index contributed by atoms with van der Waals surface area (Å²) in [4.78, 5) is 12.1. The van der Waals surface area contributed by atoms with Crippen molar-refractivity contribution in [3.63, 3.8) is 0 Å². The highest BCUT2D eigenvalue weighted by molar-refractivity contribution is 7.15. The van der Waals surface area contributed by atoms with E-state index in [4.69, 9.17) is 9.47 Å². The van der Waals surface area contributed by atoms with E-state index in [1.54, 1.807) is 13.2 Å². The molecule has 0 unspecified atom stereocenters. The van der Waals surface area contributed by atoms with Gasteiger partial charge in [0.1, 0.15) is 5.01 Å². The zero-order chi connectivity index (χ0) is 19.6. The lowest BCUT2D eigenvalue weighted by atomic mass is 10.2. The van der Waals surface area contributed by atoms with Gasteiger partial charge in [-0.25, -0.2) is 0 Å². The summed E-state index contributed by atoms with van der Waals surface area (Å²) < 4.78 is 11.2. The molecule has 7 heteroatoms. The number of aromatic nitrogens is 2. The summed E-state index contributed by atoms with van der Waals surface area (Å²) in [5.41, 5.74) is 0.850. The van der Waals surface area contributed by atoms with Gasteiger partial charge in [-0.05, 0) is 30.2 Å². The standard InChI is InChI=1S/C20H27N3O3S/c1-5-6-7-12-26-16-10-8-15(13-17(16)25-4)9-11-18(24)21-20-23-22-19(27-20)14(2)3/h8-11,13-14H,5-7,12H2,1-4H3,(H,21,23,24)/b11-9+. The second-order valence-electron chi connectivity index (χ2n) is 6.39. The van der Waals surface area contributed by atoms with Crippen LogP contribution in [0, 0.1) is 0 Å². The van der Waals surface area contributed by atoms with E-state index in [0.717, 1.165) is 29.8 Å². The SMILES string of the molecule is CCCCCOc1ccc(/C=C/C(=O)Nc2nnc(C(C)C)s2)cc1OC. The average Bonchev–Trinajstić information content (AvgIpc) is 3.12. The molecule has 146 valence electrons. The van der Waals surface area contributed by atoms with Gasteiger partial charge in [-0.2, -0.15) is 0 Å². The number of ether oxygens (including phenoxy) is 2. The van der Waals surface area contributed by atoms with Crippen LogP contribution in [0.2, 0.25) is 0 Å². The summed E-state index contributed by atoms with van der Waals surface area (Å²) in [6.45, 7) is 6.90. The molecule has 0 radical (unpaired) electrons. The van der Waals surface area contributed by atoms with Crippen LogP contribution in [0.25, 0.3) is 6.08 Å². The number of unbranched alkanes of at least 4 members (excludes halogenated alkanes) is 2. The van der Waals surface area contributed by atoms with Crippen molar-refractivity contribution in [1.82, 2.24) is 10.2 Å². The van der Waals surface area contributed by atoms with Crippen LogP contribution in [0.15, 0.2) is 24.3 Å². The monoisotopic (exact) mass is 389 g/mol. The van der Waals surface area contributed by atoms with E-state index >= 15 is 0 Å². The van der Waals surface area contributed by atoms with Gasteiger partial charge < -0.3 is 9.47 Å². The first-order chi connectivity index (χ1) is 13.0. The quantitative estimate of drug-likeness (QED) is 0.462. The number of rotatable bonds is 10. The van der Waals surface area contributed by atoms with Crippen molar-refractivity contribution >= 4 is 28.5 Å². The molecule has 0 saturated carbocycles. The van der Waals surface area contributed by atoms with Gasteiger partial charge in [0, 0.05) is 12.0 Å². The van der Waals surface area contributed by atoms with E-state index < -0.39 is 0 Å². The van der Waals surface area contributed by atoms with Crippen molar-refractivity contribution in [3.05, 3.63) is 34.8 Å². The number of hydrogen-bond acceptors (Lipinski definition) is 6. The maximum absolute atomic E-state index is 12.1. The molecular weight excluding hydrogens is 362 g/mol. The van der Waals surface area contributed by atoms with E-state index in [2.05, 4.69) is 22.4 Å². The minimum absolute atomic E-state index is 0.250. The molecule has 2 rings (SSSR count). The second kappa shape index (κ2) is 10.7. The Morgan fingerprint density at radius 2 is 2.07 bits per heavy atom. The number of hydrogen-bond donors (Lipinski definition) is 1. The van der Waals surface area contributed by atoms with Crippen molar-refractivity contribution in [2.45, 2.75) is 46.0 Å². The maximum Gasteiger partial charge on any atom is 0.250 e. The lowest BCUT2D eigenvalue weighted by molar-refractivity contribution is -0.111. The minimum atomic E-state index is -0.250. The summed E-state index contributed by atoms with van der Waals surface area (Å²) in [7, 11) is 1.61. The first kappa shape index (κ1) is 20.9. The molecule has 0 fully saturated rings. The smallest absolute Gasteiger partial charge is 0.250 e. The number of carbonyl (C=O) groups is 1. The zero-order valence-corrected chi connectivity index (χ0v) is 17.1. The fourth-order valence-electron chi connectivity index (χ4n) is 2.28. The molecule has 0 bridgehead atoms. The average molecular weight is 390 g/mol. The third kappa shape index (κ3) is 6.67. The van der Waals surface area contributed by atoms with Gasteiger partial charge in [-0.15, -0.1) is 10.2 Å². The van der Waals surface area contributed by atoms with Crippen LogP contribution in [0.3, 0.4) is 0 Å². The van der Waals surface area contributed by atoms with E-state index in [1.165, 1.54) is 17.4 Å². The van der Waals surface area contributed by atoms with Crippen LogP contribution in [0.1, 0.15) is 56.5 Å². The number of anilines is 1. The number of nitrogens with zero attached hydrogens (tertiary/aromatic N) is 2. The zero-order valence-electron chi connectivity index (χ0n) is 16.3. The van der Waals surface area contributed by atoms with Crippen LogP contribution in [0.4, 0.5) is 5.13 Å². The van der Waals surface area contributed by atoms with Gasteiger partial charge in [-0.1, -0.05) is 51.0 Å². The lowest BCUT2D eigenvalue weighted by Crippen LogP contribution is -2.07. The number of amides is 1. The maximum atomic E-state index is 12.1. The van der Waals surface area contributed by atoms with Gasteiger partial charge in [-0.3, -0.25) is 10.1 Å². The minimum Gasteiger partial charge on any atom is -0.493 e. The first-order valence-corrected chi connectivity index (χ1v) is 9.98. The second-order valence-corrected chi connectivity index (χ2v) is 7.40. The Balaban J connectivity index is 1.95. The highest BCUT2D eigenvalue weighted by Crippen LogP contribution is 2.29. The van der Waals surface area contributed by atoms with Crippen LogP contribution in [-0.4, -0.2) is 29.8 Å². The molecule has 0 aliphatic rings. The Kier molecular flexibility index (Phi) is 8.26. The van der Waals surface area contributed by atoms with Crippen molar-refractivity contribution in [2.24, 2.45) is 0 Å². The van der Waals surface area contributed by atoms with Crippen molar-refractivity contribution in [3.8, 4) is 11.5 Å². The van der Waals surface area contributed by atoms with Gasteiger partial charge in [0.25, 0.3) is 0 Å². The number of methoxy groups -OCH3 is 1. The molecule has 0 saturated heterocycles. The predicted octanol–water partition coefficient (Wildman–Crippen LogP) is 4.89. The highest BCUT2D eigenvalue weighted by Gasteiger charge is 2.09. The Morgan fingerprint density at radius 3 is 2.74 bits per heavy atom. The van der Waals surface area contributed by atoms with Crippen LogP contribution in [0.5, 0.6) is 11.5 Å². The molecule has 1 aromatic heterocycles. The number of benzene rings is 1. The Labute approximate surface area is 164 Å². The Hall–Kier alpha value is -2.41. The summed E-state index contributed by atoms with van der Waals surface area (Å²) in [6, 6.07) is 5.60. The van der Waals surface area contributed by atoms with Crippen molar-refractivity contribution < 1.29 is 14.3 Å². The molecule has 0 spiro atoms. The first-order valence-electron chi connectivity index (χ1n) is 9.16. The molecule has 1 amide bonds. The molecule has 0 aliphatic carbocycles. The van der Waals surface area contributed by atoms with E-state index in [9.17, 15) is 4.79 Å². The molecule has 1 heterocycles. The summed E-state index contributed by atoms with van der Waals surface area (Å²) in [5.74, 6) is 1.41. The van der Waals surface area contributed by atoms with Crippen LogP contribution >= 0.6 is 11.3 Å². The molecule has 0 atom stereocenters. The molecule has 2 aromatic rings. The largest absolute Gasteiger partial charge is 0.493 e. The van der Waals surface area contributed by atoms with E-state index in [1.807, 2.05) is 32.0 Å². The lowest BCUT2D eigenvalue weighted by Gasteiger charge is -2.11. The normalized spacial score (nSPS) is 11.1. The molecule has 1 aromatic carbocycles. The van der Waals surface area contributed by atoms with Crippen LogP contribution < -0.4 is 14.8 Å². The van der Waals surface area contributed by atoms with Gasteiger partial charge >= 0.3 is 0 Å². The van der Waals surface area contributed by atoms with Crippen molar-refractivity contribution in [1.29, 1.82) is 0 Å². The number of carbonyl (C=O) groups excluding carboxylic acids is 1. The summed E-state index contributed by atoms with van der Waals surface area (Å²) in [6.07, 6.45) is 6.51. The molecule has 6 nitrogen and oxygen atoms in total. The molecule has 27 heavy (non-hydrogen) atoms. The van der Waals surface area contributed by atoms with E-state index in [-0.39, 0.29) is 5.91 Å². The Bertz CT molecular complexity index is 772. The summed E-state index contributed by atoms with van der Waals surface area (Å²) in [5, 5.41) is 12.2. The van der Waals surface area contributed by atoms with Crippen LogP contribution in [-0.2, 0) is 4.79 Å². The third-order valence-electron chi connectivity index (χ3n) is 3.78. The predicted molar refractivity (Wildman–Crippen MR) is 110 cm³/mol. The third-order valence-corrected chi connectivity index (χ3v) is 4.92. The summed E-state index contributed by atoms with van der Waals surface area (Å²) >= 11 is 1.39. The highest BCUT2D eigenvalue weighted by atomic mass is 32.1. The van der Waals surface area contributed by atoms with Gasteiger partial charge in [0.15, 0.2) is 11.5 Å².